The number of hydrogen-bond donors (Lipinski definition) is 4. The molecule has 0 fully saturated rings. The molecular formula is C21H19N3O5. The van der Waals surface area contributed by atoms with Gasteiger partial charge in [0.05, 0.1) is 7.11 Å². The van der Waals surface area contributed by atoms with E-state index in [1.807, 2.05) is 0 Å². The number of carbonyl (C=O) groups excluding carboxylic acids is 2. The number of benzene rings is 3. The SMILES string of the molecule is COc1cccc(NC(=O)Nc2ccc(Oc3cccc(C(=O)NO)c3)cc2)c1. The number of hydrogen-bond acceptors (Lipinski definition) is 5. The summed E-state index contributed by atoms with van der Waals surface area (Å²) in [4.78, 5) is 23.6. The van der Waals surface area contributed by atoms with E-state index in [1.165, 1.54) is 6.07 Å². The van der Waals surface area contributed by atoms with Crippen molar-refractivity contribution >= 4 is 23.3 Å². The molecule has 0 atom stereocenters. The van der Waals surface area contributed by atoms with E-state index < -0.39 is 11.9 Å². The van der Waals surface area contributed by atoms with Crippen LogP contribution in [-0.2, 0) is 0 Å². The van der Waals surface area contributed by atoms with Gasteiger partial charge in [-0.25, -0.2) is 10.3 Å². The van der Waals surface area contributed by atoms with Crippen molar-refractivity contribution in [3.05, 3.63) is 78.4 Å². The molecule has 0 saturated carbocycles. The van der Waals surface area contributed by atoms with Gasteiger partial charge in [0.1, 0.15) is 17.2 Å². The summed E-state index contributed by atoms with van der Waals surface area (Å²) in [6.07, 6.45) is 0. The topological polar surface area (TPSA) is 109 Å². The number of hydroxylamine groups is 1. The second-order valence-corrected chi connectivity index (χ2v) is 5.91. The Morgan fingerprint density at radius 2 is 1.48 bits per heavy atom. The van der Waals surface area contributed by atoms with E-state index in [0.29, 0.717) is 28.6 Å². The predicted octanol–water partition coefficient (Wildman–Crippen LogP) is 4.25. The Kier molecular flexibility index (Phi) is 6.29. The number of rotatable bonds is 6. The third kappa shape index (κ3) is 5.47. The van der Waals surface area contributed by atoms with Crippen LogP contribution in [0.25, 0.3) is 0 Å². The maximum atomic E-state index is 12.1. The van der Waals surface area contributed by atoms with Crippen molar-refractivity contribution in [3.8, 4) is 17.2 Å². The zero-order valence-corrected chi connectivity index (χ0v) is 15.5. The van der Waals surface area contributed by atoms with Crippen LogP contribution < -0.4 is 25.6 Å². The Labute approximate surface area is 167 Å². The molecule has 0 saturated heterocycles. The van der Waals surface area contributed by atoms with Gasteiger partial charge < -0.3 is 20.1 Å². The van der Waals surface area contributed by atoms with Gasteiger partial charge in [-0.05, 0) is 54.6 Å². The number of nitrogens with one attached hydrogen (secondary N) is 3. The number of amides is 3. The van der Waals surface area contributed by atoms with Crippen LogP contribution in [0.5, 0.6) is 17.2 Å². The maximum Gasteiger partial charge on any atom is 0.323 e. The summed E-state index contributed by atoms with van der Waals surface area (Å²) in [5, 5.41) is 14.2. The van der Waals surface area contributed by atoms with Crippen LogP contribution in [0.15, 0.2) is 72.8 Å². The van der Waals surface area contributed by atoms with Crippen LogP contribution in [0.4, 0.5) is 16.2 Å². The fourth-order valence-electron chi connectivity index (χ4n) is 2.50. The molecule has 8 heteroatoms. The highest BCUT2D eigenvalue weighted by Crippen LogP contribution is 2.24. The zero-order valence-electron chi connectivity index (χ0n) is 15.5. The smallest absolute Gasteiger partial charge is 0.323 e. The van der Waals surface area contributed by atoms with Crippen molar-refractivity contribution in [2.45, 2.75) is 0 Å². The summed E-state index contributed by atoms with van der Waals surface area (Å²) in [5.74, 6) is 0.967. The number of urea groups is 1. The highest BCUT2D eigenvalue weighted by molar-refractivity contribution is 5.99. The van der Waals surface area contributed by atoms with E-state index in [-0.39, 0.29) is 5.56 Å². The minimum atomic E-state index is -0.628. The first-order valence-electron chi connectivity index (χ1n) is 8.62. The van der Waals surface area contributed by atoms with Crippen molar-refractivity contribution in [2.24, 2.45) is 0 Å². The van der Waals surface area contributed by atoms with Crippen molar-refractivity contribution in [1.29, 1.82) is 0 Å². The predicted molar refractivity (Wildman–Crippen MR) is 108 cm³/mol. The second kappa shape index (κ2) is 9.25. The van der Waals surface area contributed by atoms with Gasteiger partial charge in [-0.15, -0.1) is 0 Å². The lowest BCUT2D eigenvalue weighted by molar-refractivity contribution is 0.0706. The van der Waals surface area contributed by atoms with Gasteiger partial charge in [0.2, 0.25) is 0 Å². The van der Waals surface area contributed by atoms with E-state index in [1.54, 1.807) is 79.3 Å². The van der Waals surface area contributed by atoms with Gasteiger partial charge >= 0.3 is 6.03 Å². The van der Waals surface area contributed by atoms with Crippen molar-refractivity contribution in [1.82, 2.24) is 5.48 Å². The van der Waals surface area contributed by atoms with Crippen LogP contribution >= 0.6 is 0 Å². The molecule has 29 heavy (non-hydrogen) atoms. The van der Waals surface area contributed by atoms with Gasteiger partial charge in [0.15, 0.2) is 0 Å². The summed E-state index contributed by atoms with van der Waals surface area (Å²) in [7, 11) is 1.56. The first-order chi connectivity index (χ1) is 14.1. The van der Waals surface area contributed by atoms with E-state index in [2.05, 4.69) is 10.6 Å². The van der Waals surface area contributed by atoms with Crippen molar-refractivity contribution in [2.75, 3.05) is 17.7 Å². The van der Waals surface area contributed by atoms with E-state index in [9.17, 15) is 9.59 Å². The fourth-order valence-corrected chi connectivity index (χ4v) is 2.50. The minimum Gasteiger partial charge on any atom is -0.497 e. The maximum absolute atomic E-state index is 12.1. The average molecular weight is 393 g/mol. The fraction of sp³-hybridized carbons (Fsp3) is 0.0476. The lowest BCUT2D eigenvalue weighted by Crippen LogP contribution is -2.19. The Bertz CT molecular complexity index is 1010. The van der Waals surface area contributed by atoms with Gasteiger partial charge in [0.25, 0.3) is 5.91 Å². The Balaban J connectivity index is 1.60. The second-order valence-electron chi connectivity index (χ2n) is 5.91. The summed E-state index contributed by atoms with van der Waals surface area (Å²) in [6, 6.07) is 19.7. The minimum absolute atomic E-state index is 0.262. The first kappa shape index (κ1) is 19.7. The molecule has 0 heterocycles. The van der Waals surface area contributed by atoms with Gasteiger partial charge in [0, 0.05) is 23.0 Å². The van der Waals surface area contributed by atoms with Crippen LogP contribution in [0.1, 0.15) is 10.4 Å². The molecule has 8 nitrogen and oxygen atoms in total. The van der Waals surface area contributed by atoms with Crippen LogP contribution in [0, 0.1) is 0 Å². The number of methoxy groups -OCH3 is 1. The molecule has 0 bridgehead atoms. The first-order valence-corrected chi connectivity index (χ1v) is 8.62. The van der Waals surface area contributed by atoms with Crippen LogP contribution in [0.2, 0.25) is 0 Å². The largest absolute Gasteiger partial charge is 0.497 e. The summed E-state index contributed by atoms with van der Waals surface area (Å²) >= 11 is 0. The van der Waals surface area contributed by atoms with Crippen LogP contribution in [-0.4, -0.2) is 24.3 Å². The number of carbonyl (C=O) groups is 2. The highest BCUT2D eigenvalue weighted by atomic mass is 16.5. The van der Waals surface area contributed by atoms with Crippen molar-refractivity contribution in [3.63, 3.8) is 0 Å². The molecule has 3 amide bonds. The third-order valence-electron chi connectivity index (χ3n) is 3.87. The molecule has 0 aliphatic heterocycles. The molecule has 3 aromatic rings. The molecule has 0 aliphatic carbocycles. The molecule has 0 spiro atoms. The third-order valence-corrected chi connectivity index (χ3v) is 3.87. The summed E-state index contributed by atoms with van der Waals surface area (Å²) < 4.78 is 10.8. The molecule has 0 aliphatic rings. The Morgan fingerprint density at radius 1 is 0.793 bits per heavy atom. The molecule has 3 rings (SSSR count). The van der Waals surface area contributed by atoms with Crippen molar-refractivity contribution < 1.29 is 24.3 Å². The van der Waals surface area contributed by atoms with E-state index in [4.69, 9.17) is 14.7 Å². The quantitative estimate of drug-likeness (QED) is 0.370. The van der Waals surface area contributed by atoms with E-state index >= 15 is 0 Å². The van der Waals surface area contributed by atoms with Gasteiger partial charge in [-0.1, -0.05) is 12.1 Å². The molecule has 0 radical (unpaired) electrons. The van der Waals surface area contributed by atoms with Crippen LogP contribution in [0.3, 0.4) is 0 Å². The normalized spacial score (nSPS) is 10.0. The highest BCUT2D eigenvalue weighted by Gasteiger charge is 2.07. The monoisotopic (exact) mass is 393 g/mol. The Hall–Kier alpha value is -4.04. The zero-order chi connectivity index (χ0) is 20.6. The molecule has 0 aromatic heterocycles. The standard InChI is InChI=1S/C21H19N3O5/c1-28-18-6-3-5-16(13-18)23-21(26)22-15-8-10-17(11-9-15)29-19-7-2-4-14(12-19)20(25)24-27/h2-13,27H,1H3,(H,24,25)(H2,22,23,26). The summed E-state index contributed by atoms with van der Waals surface area (Å²) in [6.45, 7) is 0. The summed E-state index contributed by atoms with van der Waals surface area (Å²) in [5.41, 5.74) is 3.02. The average Bonchev–Trinajstić information content (AvgIpc) is 2.75. The molecule has 0 unspecified atom stereocenters. The van der Waals surface area contributed by atoms with Gasteiger partial charge in [-0.2, -0.15) is 0 Å². The molecule has 4 N–H and O–H groups in total. The lowest BCUT2D eigenvalue weighted by atomic mass is 10.2. The molecular weight excluding hydrogens is 374 g/mol. The Morgan fingerprint density at radius 3 is 2.21 bits per heavy atom. The molecule has 148 valence electrons. The van der Waals surface area contributed by atoms with E-state index in [0.717, 1.165) is 0 Å². The number of anilines is 2. The van der Waals surface area contributed by atoms with Gasteiger partial charge in [-0.3, -0.25) is 10.0 Å². The molecule has 3 aromatic carbocycles. The lowest BCUT2D eigenvalue weighted by Gasteiger charge is -2.10. The number of ether oxygens (including phenoxy) is 2.